The minimum atomic E-state index is -0.537. The number of hydrogen-bond acceptors (Lipinski definition) is 3. The van der Waals surface area contributed by atoms with Gasteiger partial charge in [-0.25, -0.2) is 0 Å². The molecular formula is C15H17NO2. The number of nitrogens with two attached hydrogens (primary N) is 1. The molecule has 2 rings (SSSR count). The lowest BCUT2D eigenvalue weighted by molar-refractivity contribution is -0.120. The summed E-state index contributed by atoms with van der Waals surface area (Å²) in [4.78, 5) is 11.9. The number of benzene rings is 1. The molecule has 0 saturated carbocycles. The Morgan fingerprint density at radius 2 is 2.33 bits per heavy atom. The highest BCUT2D eigenvalue weighted by Crippen LogP contribution is 2.35. The summed E-state index contributed by atoms with van der Waals surface area (Å²) in [6, 6.07) is 7.32. The molecule has 0 fully saturated rings. The maximum absolute atomic E-state index is 11.9. The monoisotopic (exact) mass is 243 g/mol. The number of ketones is 1. The van der Waals surface area contributed by atoms with Gasteiger partial charge >= 0.3 is 0 Å². The summed E-state index contributed by atoms with van der Waals surface area (Å²) in [7, 11) is 0. The van der Waals surface area contributed by atoms with E-state index in [1.807, 2.05) is 24.3 Å². The smallest absolute Gasteiger partial charge is 0.151 e. The van der Waals surface area contributed by atoms with Crippen molar-refractivity contribution in [1.29, 1.82) is 0 Å². The normalized spacial score (nSPS) is 19.2. The van der Waals surface area contributed by atoms with Crippen molar-refractivity contribution in [3.8, 4) is 18.1 Å². The average molecular weight is 243 g/mol. The molecule has 3 heteroatoms. The number of carbonyl (C=O) groups is 1. The van der Waals surface area contributed by atoms with Crippen molar-refractivity contribution in [2.45, 2.75) is 31.2 Å². The van der Waals surface area contributed by atoms with Crippen LogP contribution in [0.2, 0.25) is 0 Å². The Hall–Kier alpha value is -1.79. The second-order valence-corrected chi connectivity index (χ2v) is 4.56. The minimum absolute atomic E-state index is 0.0367. The van der Waals surface area contributed by atoms with Crippen LogP contribution in [0.4, 0.5) is 0 Å². The van der Waals surface area contributed by atoms with Crippen molar-refractivity contribution in [3.05, 3.63) is 29.8 Å². The van der Waals surface area contributed by atoms with Crippen molar-refractivity contribution >= 4 is 5.78 Å². The van der Waals surface area contributed by atoms with Crippen LogP contribution in [0.15, 0.2) is 24.3 Å². The molecule has 0 radical (unpaired) electrons. The topological polar surface area (TPSA) is 52.3 Å². The van der Waals surface area contributed by atoms with E-state index in [4.69, 9.17) is 16.9 Å². The first-order valence-corrected chi connectivity index (χ1v) is 6.16. The van der Waals surface area contributed by atoms with E-state index in [1.165, 1.54) is 0 Å². The van der Waals surface area contributed by atoms with Gasteiger partial charge in [-0.3, -0.25) is 4.79 Å². The van der Waals surface area contributed by atoms with Gasteiger partial charge in [0.1, 0.15) is 5.75 Å². The van der Waals surface area contributed by atoms with Gasteiger partial charge in [0.2, 0.25) is 0 Å². The van der Waals surface area contributed by atoms with Gasteiger partial charge in [-0.15, -0.1) is 12.3 Å². The third-order valence-corrected chi connectivity index (χ3v) is 3.28. The van der Waals surface area contributed by atoms with Crippen LogP contribution in [0, 0.1) is 12.3 Å². The molecule has 2 N–H and O–H groups in total. The Morgan fingerprint density at radius 1 is 1.56 bits per heavy atom. The van der Waals surface area contributed by atoms with E-state index < -0.39 is 6.04 Å². The Balaban J connectivity index is 2.08. The summed E-state index contributed by atoms with van der Waals surface area (Å²) >= 11 is 0. The second-order valence-electron chi connectivity index (χ2n) is 4.56. The molecule has 0 aromatic heterocycles. The van der Waals surface area contributed by atoms with Crippen molar-refractivity contribution in [2.75, 3.05) is 6.61 Å². The van der Waals surface area contributed by atoms with E-state index in [1.54, 1.807) is 0 Å². The highest BCUT2D eigenvalue weighted by molar-refractivity contribution is 5.85. The lowest BCUT2D eigenvalue weighted by Gasteiger charge is -2.26. The third kappa shape index (κ3) is 2.72. The fourth-order valence-electron chi connectivity index (χ4n) is 2.26. The van der Waals surface area contributed by atoms with E-state index in [-0.39, 0.29) is 11.7 Å². The summed E-state index contributed by atoms with van der Waals surface area (Å²) in [6.45, 7) is 0.652. The van der Waals surface area contributed by atoms with Gasteiger partial charge in [-0.1, -0.05) is 18.2 Å². The predicted molar refractivity (Wildman–Crippen MR) is 70.3 cm³/mol. The largest absolute Gasteiger partial charge is 0.493 e. The number of terminal acetylenes is 1. The molecular weight excluding hydrogens is 226 g/mol. The van der Waals surface area contributed by atoms with E-state index in [0.717, 1.165) is 17.7 Å². The molecule has 1 aromatic carbocycles. The van der Waals surface area contributed by atoms with Gasteiger partial charge in [0, 0.05) is 12.8 Å². The van der Waals surface area contributed by atoms with Gasteiger partial charge in [0.05, 0.1) is 12.6 Å². The van der Waals surface area contributed by atoms with Gasteiger partial charge in [0.15, 0.2) is 5.78 Å². The first-order valence-electron chi connectivity index (χ1n) is 6.16. The zero-order valence-corrected chi connectivity index (χ0v) is 10.3. The fraction of sp³-hybridized carbons (Fsp3) is 0.400. The van der Waals surface area contributed by atoms with Crippen LogP contribution >= 0.6 is 0 Å². The molecule has 0 aliphatic carbocycles. The maximum atomic E-state index is 11.9. The van der Waals surface area contributed by atoms with Gasteiger partial charge in [-0.05, 0) is 24.0 Å². The first-order chi connectivity index (χ1) is 8.72. The van der Waals surface area contributed by atoms with E-state index in [0.29, 0.717) is 19.4 Å². The molecule has 1 heterocycles. The van der Waals surface area contributed by atoms with Crippen LogP contribution < -0.4 is 10.5 Å². The van der Waals surface area contributed by atoms with E-state index in [2.05, 4.69) is 5.92 Å². The van der Waals surface area contributed by atoms with Crippen molar-refractivity contribution in [3.63, 3.8) is 0 Å². The summed E-state index contributed by atoms with van der Waals surface area (Å²) < 4.78 is 5.57. The molecule has 0 saturated heterocycles. The zero-order valence-electron chi connectivity index (χ0n) is 10.3. The summed E-state index contributed by atoms with van der Waals surface area (Å²) in [6.07, 6.45) is 6.78. The van der Waals surface area contributed by atoms with Crippen LogP contribution in [-0.2, 0) is 4.79 Å². The number of hydrogen-bond donors (Lipinski definition) is 1. The SMILES string of the molecule is C#CCC(N)C(=O)CC1CCOc2ccccc21. The molecule has 1 aliphatic heterocycles. The number of rotatable bonds is 4. The van der Waals surface area contributed by atoms with Crippen LogP contribution in [-0.4, -0.2) is 18.4 Å². The molecule has 18 heavy (non-hydrogen) atoms. The number of para-hydroxylation sites is 1. The molecule has 2 unspecified atom stereocenters. The van der Waals surface area contributed by atoms with Crippen LogP contribution in [0.5, 0.6) is 5.75 Å². The highest BCUT2D eigenvalue weighted by atomic mass is 16.5. The van der Waals surface area contributed by atoms with Crippen molar-refractivity contribution in [1.82, 2.24) is 0 Å². The zero-order chi connectivity index (χ0) is 13.0. The first kappa shape index (κ1) is 12.7. The van der Waals surface area contributed by atoms with Gasteiger partial charge in [0.25, 0.3) is 0 Å². The molecule has 0 bridgehead atoms. The molecule has 2 atom stereocenters. The predicted octanol–water partition coefficient (Wildman–Crippen LogP) is 1.86. The summed E-state index contributed by atoms with van der Waals surface area (Å²) in [5.74, 6) is 3.55. The molecule has 0 amide bonds. The Kier molecular flexibility index (Phi) is 4.01. The molecule has 0 spiro atoms. The number of Topliss-reactive ketones (excluding diaryl/α,β-unsaturated/α-hetero) is 1. The number of fused-ring (bicyclic) bond motifs is 1. The second kappa shape index (κ2) is 5.70. The lowest BCUT2D eigenvalue weighted by atomic mass is 9.87. The van der Waals surface area contributed by atoms with Crippen LogP contribution in [0.1, 0.15) is 30.7 Å². The molecule has 1 aliphatic rings. The Bertz CT molecular complexity index is 476. The molecule has 94 valence electrons. The number of carbonyl (C=O) groups excluding carboxylic acids is 1. The minimum Gasteiger partial charge on any atom is -0.493 e. The maximum Gasteiger partial charge on any atom is 0.151 e. The van der Waals surface area contributed by atoms with Crippen molar-refractivity contribution < 1.29 is 9.53 Å². The lowest BCUT2D eigenvalue weighted by Crippen LogP contribution is -2.31. The van der Waals surface area contributed by atoms with Gasteiger partial charge in [-0.2, -0.15) is 0 Å². The molecule has 3 nitrogen and oxygen atoms in total. The van der Waals surface area contributed by atoms with Crippen LogP contribution in [0.25, 0.3) is 0 Å². The molecule has 1 aromatic rings. The standard InChI is InChI=1S/C15H17NO2/c1-2-5-13(16)14(17)10-11-8-9-18-15-7-4-3-6-12(11)15/h1,3-4,6-7,11,13H,5,8-10,16H2. The fourth-order valence-corrected chi connectivity index (χ4v) is 2.26. The van der Waals surface area contributed by atoms with E-state index in [9.17, 15) is 4.79 Å². The quantitative estimate of drug-likeness (QED) is 0.821. The average Bonchev–Trinajstić information content (AvgIpc) is 2.39. The highest BCUT2D eigenvalue weighted by Gasteiger charge is 2.25. The number of ether oxygens (including phenoxy) is 1. The van der Waals surface area contributed by atoms with Gasteiger partial charge < -0.3 is 10.5 Å². The van der Waals surface area contributed by atoms with E-state index >= 15 is 0 Å². The Morgan fingerprint density at radius 3 is 3.11 bits per heavy atom. The Labute approximate surface area is 107 Å². The van der Waals surface area contributed by atoms with Crippen molar-refractivity contribution in [2.24, 2.45) is 5.73 Å². The van der Waals surface area contributed by atoms with Crippen LogP contribution in [0.3, 0.4) is 0 Å². The summed E-state index contributed by atoms with van der Waals surface area (Å²) in [5.41, 5.74) is 6.84. The third-order valence-electron chi connectivity index (χ3n) is 3.28. The summed E-state index contributed by atoms with van der Waals surface area (Å²) in [5, 5.41) is 0.